The summed E-state index contributed by atoms with van der Waals surface area (Å²) in [5, 5.41) is 0. The van der Waals surface area contributed by atoms with Crippen molar-refractivity contribution in [1.82, 2.24) is 9.21 Å². The molecule has 1 saturated heterocycles. The molecule has 22 heavy (non-hydrogen) atoms. The van der Waals surface area contributed by atoms with Crippen molar-refractivity contribution >= 4 is 10.0 Å². The number of hydrogen-bond donors (Lipinski definition) is 0. The van der Waals surface area contributed by atoms with Gasteiger partial charge in [-0.25, -0.2) is 8.42 Å². The summed E-state index contributed by atoms with van der Waals surface area (Å²) in [6.45, 7) is 6.76. The second kappa shape index (κ2) is 6.18. The summed E-state index contributed by atoms with van der Waals surface area (Å²) in [4.78, 5) is 2.76. The molecule has 1 aromatic carbocycles. The highest BCUT2D eigenvalue weighted by Gasteiger charge is 2.34. The molecule has 0 unspecified atom stereocenters. The number of benzene rings is 1. The predicted molar refractivity (Wildman–Crippen MR) is 85.6 cm³/mol. The highest BCUT2D eigenvalue weighted by molar-refractivity contribution is 7.89. The summed E-state index contributed by atoms with van der Waals surface area (Å²) in [6.07, 6.45) is 2.62. The largest absolute Gasteiger partial charge is 0.491 e. The van der Waals surface area contributed by atoms with Gasteiger partial charge in [0.2, 0.25) is 10.0 Å². The number of nitrogens with zero attached hydrogens (tertiary/aromatic N) is 2. The lowest BCUT2D eigenvalue weighted by molar-refractivity contribution is 0.180. The Kier molecular flexibility index (Phi) is 4.43. The van der Waals surface area contributed by atoms with Gasteiger partial charge in [0.25, 0.3) is 0 Å². The maximum Gasteiger partial charge on any atom is 0.243 e. The van der Waals surface area contributed by atoms with Crippen LogP contribution in [0.5, 0.6) is 5.75 Å². The number of ether oxygens (including phenoxy) is 1. The van der Waals surface area contributed by atoms with E-state index in [9.17, 15) is 8.42 Å². The van der Waals surface area contributed by atoms with Crippen molar-refractivity contribution in [3.63, 3.8) is 0 Å². The number of piperazine rings is 1. The minimum atomic E-state index is -3.38. The molecule has 0 bridgehead atoms. The lowest BCUT2D eigenvalue weighted by Crippen LogP contribution is -2.49. The van der Waals surface area contributed by atoms with Gasteiger partial charge in [-0.2, -0.15) is 4.31 Å². The minimum Gasteiger partial charge on any atom is -0.491 e. The van der Waals surface area contributed by atoms with Crippen molar-refractivity contribution in [3.8, 4) is 5.75 Å². The summed E-state index contributed by atoms with van der Waals surface area (Å²) in [5.74, 6) is 0.701. The maximum atomic E-state index is 12.7. The van der Waals surface area contributed by atoms with Crippen molar-refractivity contribution in [2.45, 2.75) is 43.7 Å². The molecule has 2 fully saturated rings. The zero-order chi connectivity index (χ0) is 15.7. The number of sulfonamides is 1. The Morgan fingerprint density at radius 3 is 2.14 bits per heavy atom. The van der Waals surface area contributed by atoms with Crippen LogP contribution >= 0.6 is 0 Å². The Labute approximate surface area is 132 Å². The molecule has 1 aliphatic heterocycles. The molecule has 0 aromatic heterocycles. The fourth-order valence-electron chi connectivity index (χ4n) is 2.86. The summed E-state index contributed by atoms with van der Waals surface area (Å²) in [6, 6.07) is 7.44. The van der Waals surface area contributed by atoms with Crippen molar-refractivity contribution in [2.24, 2.45) is 0 Å². The van der Waals surface area contributed by atoms with Crippen molar-refractivity contribution in [2.75, 3.05) is 26.2 Å². The van der Waals surface area contributed by atoms with Gasteiger partial charge in [0.1, 0.15) is 5.75 Å². The fraction of sp³-hybridized carbons (Fsp3) is 0.625. The normalized spacial score (nSPS) is 21.2. The summed E-state index contributed by atoms with van der Waals surface area (Å²) in [7, 11) is -3.38. The average Bonchev–Trinajstić information content (AvgIpc) is 3.32. The second-order valence-corrected chi connectivity index (χ2v) is 8.25. The standard InChI is InChI=1S/C16H24N2O3S/c1-13(2)21-15-5-7-16(8-6-15)22(19,20)18-11-9-17(10-12-18)14-3-4-14/h5-8,13-14H,3-4,9-12H2,1-2H3. The van der Waals surface area contributed by atoms with Gasteiger partial charge in [-0.15, -0.1) is 0 Å². The summed E-state index contributed by atoms with van der Waals surface area (Å²) in [5.41, 5.74) is 0. The second-order valence-electron chi connectivity index (χ2n) is 6.31. The highest BCUT2D eigenvalue weighted by Crippen LogP contribution is 2.29. The summed E-state index contributed by atoms with van der Waals surface area (Å²) < 4.78 is 32.5. The molecule has 0 radical (unpaired) electrons. The van der Waals surface area contributed by atoms with Gasteiger partial charge < -0.3 is 4.74 Å². The van der Waals surface area contributed by atoms with E-state index in [1.807, 2.05) is 13.8 Å². The van der Waals surface area contributed by atoms with Gasteiger partial charge in [-0.3, -0.25) is 4.90 Å². The van der Waals surface area contributed by atoms with Gasteiger partial charge in [0.05, 0.1) is 11.0 Å². The van der Waals surface area contributed by atoms with E-state index in [1.165, 1.54) is 12.8 Å². The zero-order valence-electron chi connectivity index (χ0n) is 13.2. The Balaban J connectivity index is 1.67. The number of rotatable bonds is 5. The van der Waals surface area contributed by atoms with Crippen molar-refractivity contribution in [1.29, 1.82) is 0 Å². The maximum absolute atomic E-state index is 12.7. The molecule has 1 heterocycles. The molecule has 6 heteroatoms. The van der Waals surface area contributed by atoms with Gasteiger partial charge >= 0.3 is 0 Å². The molecular formula is C16H24N2O3S. The predicted octanol–water partition coefficient (Wildman–Crippen LogP) is 1.94. The monoisotopic (exact) mass is 324 g/mol. The Morgan fingerprint density at radius 2 is 1.64 bits per heavy atom. The first-order chi connectivity index (χ1) is 10.5. The van der Waals surface area contributed by atoms with Gasteiger partial charge in [0, 0.05) is 32.2 Å². The third-order valence-electron chi connectivity index (χ3n) is 4.17. The van der Waals surface area contributed by atoms with Gasteiger partial charge in [-0.05, 0) is 51.0 Å². The van der Waals surface area contributed by atoms with Crippen LogP contribution in [0.25, 0.3) is 0 Å². The van der Waals surface area contributed by atoms with E-state index in [0.29, 0.717) is 29.8 Å². The van der Waals surface area contributed by atoms with Crippen molar-refractivity contribution < 1.29 is 13.2 Å². The quantitative estimate of drug-likeness (QED) is 0.830. The Bertz CT molecular complexity index is 601. The number of hydrogen-bond acceptors (Lipinski definition) is 4. The Hall–Kier alpha value is -1.11. The van der Waals surface area contributed by atoms with Crippen LogP contribution in [0, 0.1) is 0 Å². The molecule has 1 aromatic rings. The molecule has 3 rings (SSSR count). The van der Waals surface area contributed by atoms with Gasteiger partial charge in [0.15, 0.2) is 0 Å². The lowest BCUT2D eigenvalue weighted by Gasteiger charge is -2.34. The van der Waals surface area contributed by atoms with Crippen LogP contribution in [0.4, 0.5) is 0 Å². The van der Waals surface area contributed by atoms with E-state index in [-0.39, 0.29) is 6.10 Å². The van der Waals surface area contributed by atoms with E-state index in [4.69, 9.17) is 4.74 Å². The van der Waals surface area contributed by atoms with Crippen molar-refractivity contribution in [3.05, 3.63) is 24.3 Å². The average molecular weight is 324 g/mol. The van der Waals surface area contributed by atoms with E-state index >= 15 is 0 Å². The van der Waals surface area contributed by atoms with E-state index in [2.05, 4.69) is 4.90 Å². The first kappa shape index (κ1) is 15.8. The van der Waals surface area contributed by atoms with Crippen LogP contribution in [0.15, 0.2) is 29.2 Å². The fourth-order valence-corrected chi connectivity index (χ4v) is 4.28. The first-order valence-electron chi connectivity index (χ1n) is 7.98. The molecule has 0 spiro atoms. The minimum absolute atomic E-state index is 0.0814. The molecule has 0 atom stereocenters. The van der Waals surface area contributed by atoms with E-state index in [1.54, 1.807) is 28.6 Å². The van der Waals surface area contributed by atoms with Crippen LogP contribution in [0.1, 0.15) is 26.7 Å². The zero-order valence-corrected chi connectivity index (χ0v) is 14.1. The van der Waals surface area contributed by atoms with Crippen LogP contribution in [0.3, 0.4) is 0 Å². The molecule has 0 amide bonds. The Morgan fingerprint density at radius 1 is 1.05 bits per heavy atom. The molecule has 1 saturated carbocycles. The smallest absolute Gasteiger partial charge is 0.243 e. The molecule has 122 valence electrons. The topological polar surface area (TPSA) is 49.9 Å². The SMILES string of the molecule is CC(C)Oc1ccc(S(=O)(=O)N2CCN(C3CC3)CC2)cc1. The van der Waals surface area contributed by atoms with Gasteiger partial charge in [-0.1, -0.05) is 0 Å². The molecule has 5 nitrogen and oxygen atoms in total. The third kappa shape index (κ3) is 3.45. The van der Waals surface area contributed by atoms with Crippen LogP contribution < -0.4 is 4.74 Å². The molecule has 2 aliphatic rings. The first-order valence-corrected chi connectivity index (χ1v) is 9.42. The third-order valence-corrected chi connectivity index (χ3v) is 6.08. The lowest BCUT2D eigenvalue weighted by atomic mass is 10.3. The van der Waals surface area contributed by atoms with E-state index in [0.717, 1.165) is 13.1 Å². The van der Waals surface area contributed by atoms with Crippen LogP contribution in [0.2, 0.25) is 0 Å². The molecule has 0 N–H and O–H groups in total. The highest BCUT2D eigenvalue weighted by atomic mass is 32.2. The van der Waals surface area contributed by atoms with E-state index < -0.39 is 10.0 Å². The van der Waals surface area contributed by atoms with Crippen LogP contribution in [-0.4, -0.2) is 55.9 Å². The molecular weight excluding hydrogens is 300 g/mol. The molecule has 1 aliphatic carbocycles. The van der Waals surface area contributed by atoms with Crippen LogP contribution in [-0.2, 0) is 10.0 Å². The summed E-state index contributed by atoms with van der Waals surface area (Å²) >= 11 is 0.